The number of rotatable bonds is 2. The van der Waals surface area contributed by atoms with Gasteiger partial charge < -0.3 is 24.3 Å². The summed E-state index contributed by atoms with van der Waals surface area (Å²) in [6.45, 7) is 3.33. The van der Waals surface area contributed by atoms with Crippen molar-refractivity contribution in [1.29, 1.82) is 0 Å². The number of esters is 2. The minimum atomic E-state index is -1.26. The molecule has 0 bridgehead atoms. The zero-order chi connectivity index (χ0) is 19.0. The molecule has 1 saturated heterocycles. The number of benzene rings is 2. The van der Waals surface area contributed by atoms with Crippen molar-refractivity contribution >= 4 is 17.6 Å². The molecule has 27 heavy (non-hydrogen) atoms. The zero-order valence-electron chi connectivity index (χ0n) is 14.8. The summed E-state index contributed by atoms with van der Waals surface area (Å²) >= 11 is 0. The summed E-state index contributed by atoms with van der Waals surface area (Å²) in [5.74, 6) is -0.744. The van der Waals surface area contributed by atoms with Crippen molar-refractivity contribution in [2.75, 3.05) is 5.32 Å². The summed E-state index contributed by atoms with van der Waals surface area (Å²) in [5.41, 5.74) is 1.28. The average molecular weight is 367 g/mol. The highest BCUT2D eigenvalue weighted by atomic mass is 16.7. The first-order valence-corrected chi connectivity index (χ1v) is 8.37. The molecule has 0 radical (unpaired) electrons. The number of fused-ring (bicyclic) bond motifs is 2. The van der Waals surface area contributed by atoms with Gasteiger partial charge in [0, 0.05) is 31.3 Å². The molecule has 2 heterocycles. The first-order chi connectivity index (χ1) is 12.9. The minimum Gasteiger partial charge on any atom is -0.485 e. The van der Waals surface area contributed by atoms with Crippen LogP contribution in [0.3, 0.4) is 0 Å². The van der Waals surface area contributed by atoms with Crippen molar-refractivity contribution in [1.82, 2.24) is 0 Å². The van der Waals surface area contributed by atoms with Gasteiger partial charge in [0.05, 0.1) is 0 Å². The van der Waals surface area contributed by atoms with E-state index in [1.807, 2.05) is 30.3 Å². The highest BCUT2D eigenvalue weighted by Crippen LogP contribution is 2.38. The monoisotopic (exact) mass is 367 g/mol. The zero-order valence-corrected chi connectivity index (χ0v) is 14.8. The Labute approximate surface area is 155 Å². The Morgan fingerprint density at radius 1 is 0.963 bits per heavy atom. The summed E-state index contributed by atoms with van der Waals surface area (Å²) in [6.07, 6.45) is 1.27. The van der Waals surface area contributed by atoms with E-state index in [0.29, 0.717) is 29.5 Å². The highest BCUT2D eigenvalue weighted by molar-refractivity contribution is 6.15. The standard InChI is InChI=1S/C20H17NO6/c1-20(2)26-18(22)14(19(23)27-20)10-21-13-7-8-15-12(9-13)11-24-16-5-3-4-6-17(16)25-15/h3-10,21H,11H2,1-2H3. The molecule has 1 fully saturated rings. The Balaban J connectivity index is 1.54. The van der Waals surface area contributed by atoms with Gasteiger partial charge in [0.1, 0.15) is 12.4 Å². The number of carbonyl (C=O) groups is 2. The Hall–Kier alpha value is -3.48. The topological polar surface area (TPSA) is 83.1 Å². The third-order valence-electron chi connectivity index (χ3n) is 4.01. The summed E-state index contributed by atoms with van der Waals surface area (Å²) in [5, 5.41) is 2.92. The van der Waals surface area contributed by atoms with E-state index in [2.05, 4.69) is 5.32 Å². The lowest BCUT2D eigenvalue weighted by Gasteiger charge is -2.29. The predicted octanol–water partition coefficient (Wildman–Crippen LogP) is 3.50. The maximum atomic E-state index is 12.0. The van der Waals surface area contributed by atoms with E-state index in [1.165, 1.54) is 20.0 Å². The van der Waals surface area contributed by atoms with Crippen LogP contribution in [-0.4, -0.2) is 17.7 Å². The quantitative estimate of drug-likeness (QED) is 0.494. The third-order valence-corrected chi connectivity index (χ3v) is 4.01. The fourth-order valence-corrected chi connectivity index (χ4v) is 2.74. The van der Waals surface area contributed by atoms with Gasteiger partial charge >= 0.3 is 11.9 Å². The minimum absolute atomic E-state index is 0.204. The van der Waals surface area contributed by atoms with Crippen LogP contribution in [-0.2, 0) is 25.7 Å². The van der Waals surface area contributed by atoms with E-state index in [9.17, 15) is 9.59 Å². The second-order valence-electron chi connectivity index (χ2n) is 6.54. The predicted molar refractivity (Wildman–Crippen MR) is 95.3 cm³/mol. The molecule has 0 atom stereocenters. The summed E-state index contributed by atoms with van der Waals surface area (Å²) in [4.78, 5) is 23.9. The maximum Gasteiger partial charge on any atom is 0.350 e. The molecule has 7 heteroatoms. The Morgan fingerprint density at radius 2 is 1.67 bits per heavy atom. The Morgan fingerprint density at radius 3 is 2.41 bits per heavy atom. The molecule has 2 aromatic carbocycles. The normalized spacial score (nSPS) is 17.2. The lowest BCUT2D eigenvalue weighted by molar-refractivity contribution is -0.222. The van der Waals surface area contributed by atoms with E-state index >= 15 is 0 Å². The van der Waals surface area contributed by atoms with Gasteiger partial charge in [-0.1, -0.05) is 12.1 Å². The molecule has 0 aromatic heterocycles. The lowest BCUT2D eigenvalue weighted by Crippen LogP contribution is -2.42. The lowest BCUT2D eigenvalue weighted by atomic mass is 10.2. The number of para-hydroxylation sites is 2. The van der Waals surface area contributed by atoms with Crippen LogP contribution in [0.15, 0.2) is 54.2 Å². The van der Waals surface area contributed by atoms with Crippen molar-refractivity contribution < 1.29 is 28.5 Å². The number of carbonyl (C=O) groups excluding carboxylic acids is 2. The van der Waals surface area contributed by atoms with Gasteiger partial charge in [-0.05, 0) is 30.3 Å². The fraction of sp³-hybridized carbons (Fsp3) is 0.200. The summed E-state index contributed by atoms with van der Waals surface area (Å²) < 4.78 is 21.8. The average Bonchev–Trinajstić information content (AvgIpc) is 2.79. The van der Waals surface area contributed by atoms with Crippen LogP contribution in [0.25, 0.3) is 0 Å². The smallest absolute Gasteiger partial charge is 0.350 e. The molecule has 4 rings (SSSR count). The second kappa shape index (κ2) is 6.35. The van der Waals surface area contributed by atoms with Crippen LogP contribution in [0.4, 0.5) is 5.69 Å². The maximum absolute atomic E-state index is 12.0. The van der Waals surface area contributed by atoms with Gasteiger partial charge in [0.25, 0.3) is 5.79 Å². The number of hydrogen-bond acceptors (Lipinski definition) is 7. The van der Waals surface area contributed by atoms with E-state index < -0.39 is 17.7 Å². The molecule has 0 spiro atoms. The molecule has 0 amide bonds. The van der Waals surface area contributed by atoms with E-state index in [4.69, 9.17) is 18.9 Å². The Kier molecular flexibility index (Phi) is 3.99. The molecule has 2 aliphatic rings. The molecule has 1 N–H and O–H groups in total. The molecule has 2 aromatic rings. The number of cyclic esters (lactones) is 2. The van der Waals surface area contributed by atoms with Gasteiger partial charge in [-0.15, -0.1) is 0 Å². The van der Waals surface area contributed by atoms with Crippen LogP contribution >= 0.6 is 0 Å². The van der Waals surface area contributed by atoms with Crippen molar-refractivity contribution in [2.45, 2.75) is 26.2 Å². The third kappa shape index (κ3) is 3.44. The number of ether oxygens (including phenoxy) is 4. The van der Waals surface area contributed by atoms with Crippen LogP contribution in [0.2, 0.25) is 0 Å². The van der Waals surface area contributed by atoms with Gasteiger partial charge in [-0.25, -0.2) is 9.59 Å². The second-order valence-corrected chi connectivity index (χ2v) is 6.54. The molecule has 2 aliphatic heterocycles. The largest absolute Gasteiger partial charge is 0.485 e. The molecular formula is C20H17NO6. The van der Waals surface area contributed by atoms with Gasteiger partial charge in [0.2, 0.25) is 0 Å². The highest BCUT2D eigenvalue weighted by Gasteiger charge is 2.38. The van der Waals surface area contributed by atoms with Crippen LogP contribution in [0.5, 0.6) is 17.2 Å². The SMILES string of the molecule is CC1(C)OC(=O)C(=CNc2ccc3c(c2)COc2ccccc2O3)C(=O)O1. The number of anilines is 1. The van der Waals surface area contributed by atoms with E-state index in [0.717, 1.165) is 5.56 Å². The molecular weight excluding hydrogens is 350 g/mol. The fourth-order valence-electron chi connectivity index (χ4n) is 2.74. The summed E-state index contributed by atoms with van der Waals surface area (Å²) in [6, 6.07) is 12.8. The van der Waals surface area contributed by atoms with E-state index in [-0.39, 0.29) is 5.57 Å². The first kappa shape index (κ1) is 17.0. The van der Waals surface area contributed by atoms with Crippen molar-refractivity contribution in [3.8, 4) is 17.2 Å². The van der Waals surface area contributed by atoms with Crippen LogP contribution in [0, 0.1) is 0 Å². The van der Waals surface area contributed by atoms with Crippen molar-refractivity contribution in [2.24, 2.45) is 0 Å². The van der Waals surface area contributed by atoms with Gasteiger partial charge in [-0.2, -0.15) is 0 Å². The molecule has 0 aliphatic carbocycles. The Bertz CT molecular complexity index is 941. The molecule has 0 saturated carbocycles. The van der Waals surface area contributed by atoms with Crippen LogP contribution < -0.4 is 14.8 Å². The van der Waals surface area contributed by atoms with Crippen molar-refractivity contribution in [3.05, 3.63) is 59.8 Å². The molecule has 138 valence electrons. The van der Waals surface area contributed by atoms with Crippen LogP contribution in [0.1, 0.15) is 19.4 Å². The summed E-state index contributed by atoms with van der Waals surface area (Å²) in [7, 11) is 0. The van der Waals surface area contributed by atoms with Gasteiger partial charge in [0.15, 0.2) is 17.1 Å². The van der Waals surface area contributed by atoms with Gasteiger partial charge in [-0.3, -0.25) is 0 Å². The van der Waals surface area contributed by atoms with Crippen molar-refractivity contribution in [3.63, 3.8) is 0 Å². The first-order valence-electron chi connectivity index (χ1n) is 8.37. The number of nitrogens with one attached hydrogen (secondary N) is 1. The number of hydrogen-bond donors (Lipinski definition) is 1. The van der Waals surface area contributed by atoms with E-state index in [1.54, 1.807) is 12.1 Å². The molecule has 0 unspecified atom stereocenters. The molecule has 7 nitrogen and oxygen atoms in total.